The zero-order valence-corrected chi connectivity index (χ0v) is 11.9. The van der Waals surface area contributed by atoms with Gasteiger partial charge in [0.2, 0.25) is 0 Å². The molecule has 79 valence electrons. The molecule has 0 bridgehead atoms. The number of hydrogen-bond donors (Lipinski definition) is 0. The summed E-state index contributed by atoms with van der Waals surface area (Å²) >= 11 is 0. The molecule has 0 spiro atoms. The van der Waals surface area contributed by atoms with E-state index < -0.39 is 0 Å². The van der Waals surface area contributed by atoms with Crippen LogP contribution in [-0.2, 0) is 37.4 Å². The third kappa shape index (κ3) is 2.77. The van der Waals surface area contributed by atoms with Crippen molar-refractivity contribution in [2.75, 3.05) is 13.2 Å². The maximum atomic E-state index is 11.7. The van der Waals surface area contributed by atoms with E-state index in [9.17, 15) is 4.79 Å². The summed E-state index contributed by atoms with van der Waals surface area (Å²) in [5, 5.41) is 0. The summed E-state index contributed by atoms with van der Waals surface area (Å²) in [7, 11) is 0. The molecule has 2 rings (SSSR count). The standard InChI is InChI=1S/C11H14NO2.Y/c1-8(2)9-3-4-12(11(13)5-9)10-6-14-7-10;/h4-5,8,10H,6-7H2,1-2H3;/q-1;. The molecule has 0 aliphatic carbocycles. The molecule has 1 aliphatic rings. The van der Waals surface area contributed by atoms with Gasteiger partial charge in [0.05, 0.1) is 19.3 Å². The normalized spacial score (nSPS) is 15.9. The summed E-state index contributed by atoms with van der Waals surface area (Å²) in [6.45, 7) is 5.41. The van der Waals surface area contributed by atoms with Crippen molar-refractivity contribution in [1.82, 2.24) is 4.57 Å². The molecule has 0 atom stereocenters. The van der Waals surface area contributed by atoms with Crippen molar-refractivity contribution in [3.63, 3.8) is 0 Å². The Balaban J connectivity index is 0.00000112. The van der Waals surface area contributed by atoms with Crippen LogP contribution in [0, 0.1) is 6.07 Å². The summed E-state index contributed by atoms with van der Waals surface area (Å²) in [4.78, 5) is 11.7. The van der Waals surface area contributed by atoms with E-state index in [-0.39, 0.29) is 44.3 Å². The van der Waals surface area contributed by atoms with Gasteiger partial charge in [-0.3, -0.25) is 4.79 Å². The molecule has 4 heteroatoms. The molecular weight excluding hydrogens is 267 g/mol. The van der Waals surface area contributed by atoms with E-state index in [0.717, 1.165) is 5.56 Å². The van der Waals surface area contributed by atoms with Crippen molar-refractivity contribution < 1.29 is 37.4 Å². The zero-order chi connectivity index (χ0) is 10.1. The molecule has 15 heavy (non-hydrogen) atoms. The zero-order valence-electron chi connectivity index (χ0n) is 9.06. The van der Waals surface area contributed by atoms with Crippen molar-refractivity contribution in [3.8, 4) is 0 Å². The van der Waals surface area contributed by atoms with Crippen molar-refractivity contribution in [2.45, 2.75) is 25.8 Å². The van der Waals surface area contributed by atoms with E-state index in [1.807, 2.05) is 0 Å². The SMILES string of the molecule is CC(C)c1[c-]cn(C2COC2)c(=O)c1.[Y]. The van der Waals surface area contributed by atoms with Crippen LogP contribution in [-0.4, -0.2) is 17.8 Å². The fourth-order valence-electron chi connectivity index (χ4n) is 1.46. The van der Waals surface area contributed by atoms with Crippen LogP contribution in [0.3, 0.4) is 0 Å². The van der Waals surface area contributed by atoms with Crippen LogP contribution in [0.25, 0.3) is 0 Å². The van der Waals surface area contributed by atoms with Gasteiger partial charge in [-0.25, -0.2) is 11.6 Å². The van der Waals surface area contributed by atoms with Gasteiger partial charge >= 0.3 is 0 Å². The largest absolute Gasteiger partial charge is 0.377 e. The maximum absolute atomic E-state index is 11.7. The summed E-state index contributed by atoms with van der Waals surface area (Å²) in [6.07, 6.45) is 1.75. The van der Waals surface area contributed by atoms with Crippen LogP contribution in [0.2, 0.25) is 0 Å². The van der Waals surface area contributed by atoms with E-state index in [1.54, 1.807) is 16.8 Å². The molecule has 0 aromatic carbocycles. The molecule has 3 nitrogen and oxygen atoms in total. The van der Waals surface area contributed by atoms with Gasteiger partial charge in [-0.05, 0) is 0 Å². The molecule has 0 N–H and O–H groups in total. The first-order valence-electron chi connectivity index (χ1n) is 4.90. The Morgan fingerprint density at radius 3 is 2.60 bits per heavy atom. The van der Waals surface area contributed by atoms with Gasteiger partial charge in [0.1, 0.15) is 0 Å². The fourth-order valence-corrected chi connectivity index (χ4v) is 1.46. The molecule has 1 aliphatic heterocycles. The number of nitrogens with zero attached hydrogens (tertiary/aromatic N) is 1. The number of hydrogen-bond acceptors (Lipinski definition) is 2. The molecule has 0 amide bonds. The Bertz CT molecular complexity index is 382. The third-order valence-corrected chi connectivity index (χ3v) is 2.54. The second-order valence-electron chi connectivity index (χ2n) is 3.96. The van der Waals surface area contributed by atoms with Crippen molar-refractivity contribution >= 4 is 0 Å². The topological polar surface area (TPSA) is 31.2 Å². The van der Waals surface area contributed by atoms with Crippen molar-refractivity contribution in [2.24, 2.45) is 0 Å². The predicted octanol–water partition coefficient (Wildman–Crippen LogP) is 1.34. The van der Waals surface area contributed by atoms with Crippen LogP contribution in [0.1, 0.15) is 31.4 Å². The number of pyridine rings is 1. The van der Waals surface area contributed by atoms with Crippen LogP contribution < -0.4 is 5.56 Å². The number of rotatable bonds is 2. The minimum absolute atomic E-state index is 0. The van der Waals surface area contributed by atoms with Crippen LogP contribution >= 0.6 is 0 Å². The Labute approximate surface area is 115 Å². The first-order chi connectivity index (χ1) is 6.68. The first kappa shape index (κ1) is 13.1. The number of aromatic nitrogens is 1. The van der Waals surface area contributed by atoms with E-state index in [4.69, 9.17) is 4.74 Å². The first-order valence-corrected chi connectivity index (χ1v) is 4.90. The molecule has 1 fully saturated rings. The summed E-state index contributed by atoms with van der Waals surface area (Å²) in [6, 6.07) is 5.03. The average Bonchev–Trinajstić information content (AvgIpc) is 2.04. The minimum atomic E-state index is 0. The van der Waals surface area contributed by atoms with E-state index in [1.165, 1.54) is 0 Å². The van der Waals surface area contributed by atoms with Gasteiger partial charge in [0.15, 0.2) is 5.56 Å². The molecular formula is C11H14NO2Y-. The Morgan fingerprint density at radius 1 is 1.53 bits per heavy atom. The minimum Gasteiger partial charge on any atom is -0.377 e. The van der Waals surface area contributed by atoms with Gasteiger partial charge in [0, 0.05) is 32.7 Å². The van der Waals surface area contributed by atoms with Gasteiger partial charge in [0.25, 0.3) is 0 Å². The number of ether oxygens (including phenoxy) is 1. The van der Waals surface area contributed by atoms with Gasteiger partial charge in [-0.2, -0.15) is 0 Å². The predicted molar refractivity (Wildman–Crippen MR) is 53.5 cm³/mol. The summed E-state index contributed by atoms with van der Waals surface area (Å²) in [5.41, 5.74) is 1.03. The third-order valence-electron chi connectivity index (χ3n) is 2.54. The Kier molecular flexibility index (Phi) is 4.69. The van der Waals surface area contributed by atoms with Gasteiger partial charge in [-0.1, -0.05) is 26.0 Å². The van der Waals surface area contributed by atoms with Crippen molar-refractivity contribution in [1.29, 1.82) is 0 Å². The summed E-state index contributed by atoms with van der Waals surface area (Å²) in [5.74, 6) is 0.356. The maximum Gasteiger partial charge on any atom is 0.168 e. The molecule has 1 radical (unpaired) electrons. The quantitative estimate of drug-likeness (QED) is 0.766. The van der Waals surface area contributed by atoms with Gasteiger partial charge < -0.3 is 9.30 Å². The molecule has 1 saturated heterocycles. The van der Waals surface area contributed by atoms with E-state index >= 15 is 0 Å². The fraction of sp³-hybridized carbons (Fsp3) is 0.545. The van der Waals surface area contributed by atoms with E-state index in [2.05, 4.69) is 19.9 Å². The van der Waals surface area contributed by atoms with E-state index in [0.29, 0.717) is 19.1 Å². The Morgan fingerprint density at radius 2 is 2.20 bits per heavy atom. The molecule has 0 saturated carbocycles. The average molecular weight is 281 g/mol. The molecule has 2 heterocycles. The summed E-state index contributed by atoms with van der Waals surface area (Å²) < 4.78 is 6.75. The Hall–Kier alpha value is 0.0139. The second kappa shape index (κ2) is 5.37. The smallest absolute Gasteiger partial charge is 0.168 e. The van der Waals surface area contributed by atoms with Gasteiger partial charge in [-0.15, -0.1) is 6.07 Å². The molecule has 1 aromatic heterocycles. The van der Waals surface area contributed by atoms with Crippen LogP contribution in [0.4, 0.5) is 0 Å². The van der Waals surface area contributed by atoms with Crippen LogP contribution in [0.15, 0.2) is 17.1 Å². The van der Waals surface area contributed by atoms with Crippen molar-refractivity contribution in [3.05, 3.63) is 34.2 Å². The van der Waals surface area contributed by atoms with Crippen LogP contribution in [0.5, 0.6) is 0 Å². The molecule has 0 unspecified atom stereocenters. The monoisotopic (exact) mass is 281 g/mol. The second-order valence-corrected chi connectivity index (χ2v) is 3.96. The molecule has 1 aromatic rings.